The maximum absolute atomic E-state index is 11.5. The quantitative estimate of drug-likeness (QED) is 0.582. The zero-order chi connectivity index (χ0) is 14.6. The molecule has 0 aromatic carbocycles. The minimum absolute atomic E-state index is 0.0132. The van der Waals surface area contributed by atoms with Crippen LogP contribution in [-0.4, -0.2) is 22.1 Å². The van der Waals surface area contributed by atoms with E-state index in [1.54, 1.807) is 25.3 Å². The lowest BCUT2D eigenvalue weighted by molar-refractivity contribution is -0.377. The van der Waals surface area contributed by atoms with E-state index >= 15 is 0 Å². The van der Waals surface area contributed by atoms with Crippen molar-refractivity contribution in [2.75, 3.05) is 0 Å². The number of carbonyl (C=O) groups is 1. The Hall–Kier alpha value is -2.24. The van der Waals surface area contributed by atoms with E-state index in [0.717, 1.165) is 5.57 Å². The molecule has 0 aromatic heterocycles. The van der Waals surface area contributed by atoms with Gasteiger partial charge in [0.2, 0.25) is 11.6 Å². The lowest BCUT2D eigenvalue weighted by Crippen LogP contribution is -2.54. The van der Waals surface area contributed by atoms with Crippen molar-refractivity contribution >= 4 is 11.6 Å². The summed E-state index contributed by atoms with van der Waals surface area (Å²) in [6, 6.07) is 0. The van der Waals surface area contributed by atoms with Gasteiger partial charge in [-0.15, -0.1) is 0 Å². The topological polar surface area (TPSA) is 104 Å². The fraction of sp³-hybridized carbons (Fsp3) is 0.385. The Labute approximate surface area is 112 Å². The van der Waals surface area contributed by atoms with Gasteiger partial charge in [-0.1, -0.05) is 13.8 Å². The largest absolute Gasteiger partial charge is 0.612 e. The van der Waals surface area contributed by atoms with Crippen molar-refractivity contribution in [2.45, 2.75) is 26.3 Å². The Morgan fingerprint density at radius 1 is 1.37 bits per heavy atom. The Morgan fingerprint density at radius 3 is 2.26 bits per heavy atom. The molecule has 0 heterocycles. The molecule has 19 heavy (non-hydrogen) atoms. The van der Waals surface area contributed by atoms with E-state index in [1.165, 1.54) is 12.2 Å². The van der Waals surface area contributed by atoms with Gasteiger partial charge in [0.15, 0.2) is 0 Å². The van der Waals surface area contributed by atoms with Crippen LogP contribution in [0, 0.1) is 16.3 Å². The highest BCUT2D eigenvalue weighted by molar-refractivity contribution is 6.02. The molecule has 0 fully saturated rings. The normalized spacial score (nSPS) is 17.3. The lowest BCUT2D eigenvalue weighted by atomic mass is 9.88. The summed E-state index contributed by atoms with van der Waals surface area (Å²) >= 11 is 0. The average molecular weight is 264 g/mol. The summed E-state index contributed by atoms with van der Waals surface area (Å²) in [4.78, 5) is 11.0. The van der Waals surface area contributed by atoms with Crippen molar-refractivity contribution in [3.05, 3.63) is 46.5 Å². The number of hydrogen-bond donors (Lipinski definition) is 2. The predicted molar refractivity (Wildman–Crippen MR) is 73.9 cm³/mol. The predicted octanol–water partition coefficient (Wildman–Crippen LogP) is 0.935. The fourth-order valence-electron chi connectivity index (χ4n) is 1.45. The van der Waals surface area contributed by atoms with E-state index in [-0.39, 0.29) is 11.6 Å². The third-order valence-electron chi connectivity index (χ3n) is 3.31. The third kappa shape index (κ3) is 3.37. The van der Waals surface area contributed by atoms with Crippen LogP contribution < -0.4 is 11.1 Å². The van der Waals surface area contributed by atoms with E-state index in [0.29, 0.717) is 0 Å². The molecule has 3 N–H and O–H groups in total. The summed E-state index contributed by atoms with van der Waals surface area (Å²) in [5.74, 6) is -0.431. The number of rotatable bonds is 4. The Morgan fingerprint density at radius 2 is 1.89 bits per heavy atom. The third-order valence-corrected chi connectivity index (χ3v) is 3.31. The first-order valence-electron chi connectivity index (χ1n) is 5.92. The number of allylic oxidation sites excluding steroid dienone is 5. The number of hydrogen-bond acceptors (Lipinski definition) is 4. The summed E-state index contributed by atoms with van der Waals surface area (Å²) in [6.45, 7) is 5.50. The molecule has 0 aromatic rings. The van der Waals surface area contributed by atoms with E-state index in [4.69, 9.17) is 5.73 Å². The number of amides is 1. The van der Waals surface area contributed by atoms with Crippen LogP contribution in [0.25, 0.3) is 0 Å². The number of nitrogens with zero attached hydrogens (tertiary/aromatic N) is 1. The smallest absolute Gasteiger partial charge is 0.243 e. The molecule has 0 radical (unpaired) electrons. The first kappa shape index (κ1) is 14.8. The highest BCUT2D eigenvalue weighted by Crippen LogP contribution is 2.17. The van der Waals surface area contributed by atoms with Crippen LogP contribution in [0.15, 0.2) is 36.1 Å². The van der Waals surface area contributed by atoms with Crippen molar-refractivity contribution in [3.63, 3.8) is 0 Å². The van der Waals surface area contributed by atoms with Crippen LogP contribution in [0.5, 0.6) is 0 Å². The minimum atomic E-state index is -0.859. The van der Waals surface area contributed by atoms with Crippen LogP contribution in [0.4, 0.5) is 0 Å². The number of primary amides is 1. The maximum atomic E-state index is 11.5. The zero-order valence-electron chi connectivity index (χ0n) is 11.2. The molecule has 1 amide bonds. The van der Waals surface area contributed by atoms with E-state index in [2.05, 4.69) is 5.32 Å². The van der Waals surface area contributed by atoms with Gasteiger partial charge in [-0.25, -0.2) is 0 Å². The van der Waals surface area contributed by atoms with Gasteiger partial charge in [-0.05, 0) is 30.6 Å². The molecule has 0 saturated carbocycles. The van der Waals surface area contributed by atoms with Crippen molar-refractivity contribution in [1.82, 2.24) is 5.32 Å². The number of nitrogens with one attached hydrogen (secondary N) is 1. The molecular formula is C13H18N3O3-. The molecular weight excluding hydrogens is 246 g/mol. The van der Waals surface area contributed by atoms with Crippen molar-refractivity contribution in [2.24, 2.45) is 11.7 Å². The minimum Gasteiger partial charge on any atom is -0.612 e. The van der Waals surface area contributed by atoms with Gasteiger partial charge in [0.25, 0.3) is 0 Å². The van der Waals surface area contributed by atoms with Crippen LogP contribution in [0.1, 0.15) is 20.8 Å². The van der Waals surface area contributed by atoms with Gasteiger partial charge in [-0.3, -0.25) is 4.79 Å². The molecule has 0 spiro atoms. The molecule has 1 aliphatic rings. The van der Waals surface area contributed by atoms with E-state index in [1.807, 2.05) is 13.8 Å². The first-order chi connectivity index (χ1) is 8.77. The maximum Gasteiger partial charge on any atom is 0.243 e. The molecule has 0 bridgehead atoms. The van der Waals surface area contributed by atoms with Crippen molar-refractivity contribution in [1.29, 1.82) is 0 Å². The second-order valence-electron chi connectivity index (χ2n) is 4.86. The molecule has 6 heteroatoms. The second-order valence-corrected chi connectivity index (χ2v) is 4.86. The van der Waals surface area contributed by atoms with Gasteiger partial charge < -0.3 is 21.5 Å². The van der Waals surface area contributed by atoms with Crippen LogP contribution in [0.3, 0.4) is 0 Å². The first-order valence-corrected chi connectivity index (χ1v) is 5.92. The molecule has 0 saturated heterocycles. The Kier molecular flexibility index (Phi) is 4.37. The summed E-state index contributed by atoms with van der Waals surface area (Å²) in [6.07, 6.45) is 7.66. The highest BCUT2D eigenvalue weighted by atomic mass is 16.8. The summed E-state index contributed by atoms with van der Waals surface area (Å²) in [5.41, 5.74) is 5.29. The molecule has 6 nitrogen and oxygen atoms in total. The van der Waals surface area contributed by atoms with Gasteiger partial charge >= 0.3 is 0 Å². The SMILES string of the molecule is CC(C)[C@](C)(NC=C1C=CC(=[N+]([O-])[O-])C=C1)C(N)=O. The lowest BCUT2D eigenvalue weighted by Gasteiger charge is -2.31. The van der Waals surface area contributed by atoms with Crippen LogP contribution >= 0.6 is 0 Å². The summed E-state index contributed by atoms with van der Waals surface area (Å²) in [5, 5.41) is 24.0. The van der Waals surface area contributed by atoms with Crippen molar-refractivity contribution < 1.29 is 9.70 Å². The number of carbonyl (C=O) groups excluding carboxylic acids is 1. The van der Waals surface area contributed by atoms with Crippen molar-refractivity contribution in [3.8, 4) is 0 Å². The Balaban J connectivity index is 2.85. The Bertz CT molecular complexity index is 467. The van der Waals surface area contributed by atoms with Gasteiger partial charge in [0.05, 0.1) is 0 Å². The van der Waals surface area contributed by atoms with Gasteiger partial charge in [0, 0.05) is 18.4 Å². The summed E-state index contributed by atoms with van der Waals surface area (Å²) in [7, 11) is 0. The molecule has 0 unspecified atom stereocenters. The molecule has 104 valence electrons. The molecule has 0 aliphatic heterocycles. The molecule has 1 aliphatic carbocycles. The van der Waals surface area contributed by atoms with Gasteiger partial charge in [0.1, 0.15) is 5.54 Å². The van der Waals surface area contributed by atoms with E-state index < -0.39 is 16.3 Å². The monoisotopic (exact) mass is 264 g/mol. The number of nitrogens with two attached hydrogens (primary N) is 1. The zero-order valence-corrected chi connectivity index (χ0v) is 11.2. The van der Waals surface area contributed by atoms with E-state index in [9.17, 15) is 15.2 Å². The highest BCUT2D eigenvalue weighted by Gasteiger charge is 2.33. The van der Waals surface area contributed by atoms with Crippen LogP contribution in [0.2, 0.25) is 0 Å². The molecule has 1 rings (SSSR count). The second kappa shape index (κ2) is 5.60. The standard InChI is InChI=1S/C13H18N3O3/c1-9(2)13(3,12(14)17)15-8-10-4-6-11(7-5-10)16(18)19/h4-9,15H,1-3H3,(H2-,14,17,18,19)/q-1/t13-/m0/s1. The van der Waals surface area contributed by atoms with Gasteiger partial charge in [-0.2, -0.15) is 4.90 Å². The molecule has 1 atom stereocenters. The fourth-order valence-corrected chi connectivity index (χ4v) is 1.45. The summed E-state index contributed by atoms with van der Waals surface area (Å²) < 4.78 is 0. The van der Waals surface area contributed by atoms with Crippen LogP contribution in [-0.2, 0) is 4.79 Å². The average Bonchev–Trinajstić information content (AvgIpc) is 2.35.